The number of halogens is 1. The van der Waals surface area contributed by atoms with Crippen LogP contribution < -0.4 is 0 Å². The van der Waals surface area contributed by atoms with Gasteiger partial charge in [0.15, 0.2) is 11.6 Å². The van der Waals surface area contributed by atoms with E-state index in [1.54, 1.807) is 30.7 Å². The predicted octanol–water partition coefficient (Wildman–Crippen LogP) is 5.21. The SMILES string of the molecule is Cc1ccc(CC(=O)c2ccc(CC(=O)CCl)cc2)cc1Cc1nccc(-c2cccnc2)n1. The fraction of sp³-hybridized carbons (Fsp3) is 0.179. The molecule has 170 valence electrons. The summed E-state index contributed by atoms with van der Waals surface area (Å²) >= 11 is 5.57. The topological polar surface area (TPSA) is 72.8 Å². The van der Waals surface area contributed by atoms with Gasteiger partial charge in [0.1, 0.15) is 5.82 Å². The smallest absolute Gasteiger partial charge is 0.167 e. The minimum Gasteiger partial charge on any atom is -0.298 e. The van der Waals surface area contributed by atoms with Crippen molar-refractivity contribution in [3.63, 3.8) is 0 Å². The third-order valence-corrected chi connectivity index (χ3v) is 5.91. The van der Waals surface area contributed by atoms with E-state index < -0.39 is 0 Å². The second-order valence-electron chi connectivity index (χ2n) is 8.18. The van der Waals surface area contributed by atoms with Crippen LogP contribution in [0.15, 0.2) is 79.3 Å². The molecule has 0 amide bonds. The van der Waals surface area contributed by atoms with Gasteiger partial charge in [-0.2, -0.15) is 0 Å². The summed E-state index contributed by atoms with van der Waals surface area (Å²) in [5, 5.41) is 0. The maximum absolute atomic E-state index is 12.8. The molecule has 34 heavy (non-hydrogen) atoms. The molecule has 0 aliphatic rings. The zero-order valence-electron chi connectivity index (χ0n) is 18.9. The van der Waals surface area contributed by atoms with E-state index in [4.69, 9.17) is 16.6 Å². The first-order valence-corrected chi connectivity index (χ1v) is 11.6. The van der Waals surface area contributed by atoms with Gasteiger partial charge in [0.25, 0.3) is 0 Å². The van der Waals surface area contributed by atoms with Crippen LogP contribution >= 0.6 is 11.6 Å². The highest BCUT2D eigenvalue weighted by atomic mass is 35.5. The fourth-order valence-electron chi connectivity index (χ4n) is 3.73. The molecule has 2 aromatic carbocycles. The molecule has 0 N–H and O–H groups in total. The molecule has 4 aromatic rings. The number of ketones is 2. The van der Waals surface area contributed by atoms with E-state index in [0.717, 1.165) is 39.3 Å². The highest BCUT2D eigenvalue weighted by molar-refractivity contribution is 6.27. The zero-order chi connectivity index (χ0) is 23.9. The molecule has 0 unspecified atom stereocenters. The molecule has 2 heterocycles. The summed E-state index contributed by atoms with van der Waals surface area (Å²) in [5.74, 6) is 0.702. The Morgan fingerprint density at radius 3 is 2.44 bits per heavy atom. The Kier molecular flexibility index (Phi) is 7.55. The molecule has 0 saturated carbocycles. The number of aromatic nitrogens is 3. The largest absolute Gasteiger partial charge is 0.298 e. The quantitative estimate of drug-likeness (QED) is 0.248. The van der Waals surface area contributed by atoms with Crippen molar-refractivity contribution in [1.82, 2.24) is 15.0 Å². The number of hydrogen-bond donors (Lipinski definition) is 0. The fourth-order valence-corrected chi connectivity index (χ4v) is 3.82. The number of benzene rings is 2. The number of aryl methyl sites for hydroxylation is 1. The van der Waals surface area contributed by atoms with Crippen LogP contribution in [0.3, 0.4) is 0 Å². The van der Waals surface area contributed by atoms with Crippen molar-refractivity contribution in [1.29, 1.82) is 0 Å². The summed E-state index contributed by atoms with van der Waals surface area (Å²) in [6.45, 7) is 2.05. The van der Waals surface area contributed by atoms with Gasteiger partial charge in [-0.25, -0.2) is 9.97 Å². The molecule has 5 nitrogen and oxygen atoms in total. The molecular formula is C28H24ClN3O2. The van der Waals surface area contributed by atoms with E-state index in [1.165, 1.54) is 0 Å². The lowest BCUT2D eigenvalue weighted by Gasteiger charge is -2.10. The van der Waals surface area contributed by atoms with Gasteiger partial charge in [-0.3, -0.25) is 14.6 Å². The van der Waals surface area contributed by atoms with Crippen LogP contribution in [-0.4, -0.2) is 32.4 Å². The number of alkyl halides is 1. The summed E-state index contributed by atoms with van der Waals surface area (Å²) < 4.78 is 0. The van der Waals surface area contributed by atoms with Crippen LogP contribution in [0.2, 0.25) is 0 Å². The van der Waals surface area contributed by atoms with Crippen molar-refractivity contribution >= 4 is 23.2 Å². The third kappa shape index (κ3) is 6.00. The number of hydrogen-bond acceptors (Lipinski definition) is 5. The summed E-state index contributed by atoms with van der Waals surface area (Å²) in [4.78, 5) is 37.7. The third-order valence-electron chi connectivity index (χ3n) is 5.62. The summed E-state index contributed by atoms with van der Waals surface area (Å²) in [6.07, 6.45) is 6.43. The average molecular weight is 470 g/mol. The maximum Gasteiger partial charge on any atom is 0.167 e. The van der Waals surface area contributed by atoms with Gasteiger partial charge in [-0.1, -0.05) is 42.5 Å². The van der Waals surface area contributed by atoms with Crippen molar-refractivity contribution in [2.75, 3.05) is 5.88 Å². The lowest BCUT2D eigenvalue weighted by molar-refractivity contribution is -0.116. The molecule has 0 aliphatic heterocycles. The van der Waals surface area contributed by atoms with Crippen molar-refractivity contribution in [3.05, 3.63) is 113 Å². The zero-order valence-corrected chi connectivity index (χ0v) is 19.6. The summed E-state index contributed by atoms with van der Waals surface area (Å²) in [5.41, 5.74) is 6.41. The van der Waals surface area contributed by atoms with Gasteiger partial charge in [-0.15, -0.1) is 11.6 Å². The molecule has 0 atom stereocenters. The van der Waals surface area contributed by atoms with E-state index in [-0.39, 0.29) is 23.9 Å². The van der Waals surface area contributed by atoms with Gasteiger partial charge >= 0.3 is 0 Å². The van der Waals surface area contributed by atoms with Gasteiger partial charge in [0, 0.05) is 49.0 Å². The highest BCUT2D eigenvalue weighted by Crippen LogP contribution is 2.19. The second kappa shape index (κ2) is 10.9. The second-order valence-corrected chi connectivity index (χ2v) is 8.45. The minimum atomic E-state index is -0.0390. The lowest BCUT2D eigenvalue weighted by Crippen LogP contribution is -2.07. The molecule has 6 heteroatoms. The first-order chi connectivity index (χ1) is 16.5. The highest BCUT2D eigenvalue weighted by Gasteiger charge is 2.11. The monoisotopic (exact) mass is 469 g/mol. The van der Waals surface area contributed by atoms with E-state index in [0.29, 0.717) is 18.4 Å². The Labute approximate surface area is 203 Å². The number of carbonyl (C=O) groups is 2. The van der Waals surface area contributed by atoms with Crippen LogP contribution in [0.5, 0.6) is 0 Å². The van der Waals surface area contributed by atoms with Crippen molar-refractivity contribution in [2.24, 2.45) is 0 Å². The molecule has 2 aromatic heterocycles. The van der Waals surface area contributed by atoms with Gasteiger partial charge in [-0.05, 0) is 47.4 Å². The maximum atomic E-state index is 12.8. The van der Waals surface area contributed by atoms with Gasteiger partial charge in [0.05, 0.1) is 11.6 Å². The Bertz CT molecular complexity index is 1310. The van der Waals surface area contributed by atoms with Crippen molar-refractivity contribution in [2.45, 2.75) is 26.2 Å². The van der Waals surface area contributed by atoms with Crippen LogP contribution in [-0.2, 0) is 24.1 Å². The normalized spacial score (nSPS) is 10.8. The van der Waals surface area contributed by atoms with Crippen LogP contribution in [0.4, 0.5) is 0 Å². The summed E-state index contributed by atoms with van der Waals surface area (Å²) in [6, 6.07) is 19.0. The number of Topliss-reactive ketones (excluding diaryl/α,β-unsaturated/α-hetero) is 2. The Morgan fingerprint density at radius 1 is 0.912 bits per heavy atom. The molecule has 0 fully saturated rings. The number of pyridine rings is 1. The Balaban J connectivity index is 1.47. The van der Waals surface area contributed by atoms with Crippen LogP contribution in [0.1, 0.15) is 38.4 Å². The molecule has 0 aliphatic carbocycles. The van der Waals surface area contributed by atoms with Crippen molar-refractivity contribution in [3.8, 4) is 11.3 Å². The van der Waals surface area contributed by atoms with E-state index >= 15 is 0 Å². The molecule has 0 saturated heterocycles. The first kappa shape index (κ1) is 23.5. The average Bonchev–Trinajstić information content (AvgIpc) is 2.87. The molecule has 4 rings (SSSR count). The van der Waals surface area contributed by atoms with Gasteiger partial charge < -0.3 is 0 Å². The number of carbonyl (C=O) groups excluding carboxylic acids is 2. The lowest BCUT2D eigenvalue weighted by atomic mass is 9.96. The van der Waals surface area contributed by atoms with Crippen molar-refractivity contribution < 1.29 is 9.59 Å². The Morgan fingerprint density at radius 2 is 1.71 bits per heavy atom. The number of rotatable bonds is 9. The van der Waals surface area contributed by atoms with Crippen LogP contribution in [0, 0.1) is 6.92 Å². The van der Waals surface area contributed by atoms with Gasteiger partial charge in [0.2, 0.25) is 0 Å². The standard InChI is InChI=1S/C28H24ClN3O2/c1-19-4-5-21(15-27(34)22-8-6-20(7-9-22)14-25(33)17-29)13-24(19)16-28-31-12-10-26(32-28)23-3-2-11-30-18-23/h2-13,18H,14-17H2,1H3. The molecule has 0 bridgehead atoms. The first-order valence-electron chi connectivity index (χ1n) is 11.0. The van der Waals surface area contributed by atoms with E-state index in [1.807, 2.05) is 49.4 Å². The molecular weight excluding hydrogens is 446 g/mol. The predicted molar refractivity (Wildman–Crippen MR) is 133 cm³/mol. The molecule has 0 radical (unpaired) electrons. The molecule has 0 spiro atoms. The van der Waals surface area contributed by atoms with Crippen LogP contribution in [0.25, 0.3) is 11.3 Å². The minimum absolute atomic E-state index is 0.00473. The van der Waals surface area contributed by atoms with E-state index in [9.17, 15) is 9.59 Å². The Hall–Kier alpha value is -3.70. The van der Waals surface area contributed by atoms with E-state index in [2.05, 4.69) is 16.0 Å². The number of nitrogens with zero attached hydrogens (tertiary/aromatic N) is 3. The summed E-state index contributed by atoms with van der Waals surface area (Å²) in [7, 11) is 0.